The van der Waals surface area contributed by atoms with Crippen LogP contribution in [0.3, 0.4) is 0 Å². The Morgan fingerprint density at radius 1 is 1.32 bits per heavy atom. The summed E-state index contributed by atoms with van der Waals surface area (Å²) in [5, 5.41) is 5.64. The lowest BCUT2D eigenvalue weighted by Crippen LogP contribution is -2.37. The van der Waals surface area contributed by atoms with Crippen molar-refractivity contribution in [3.05, 3.63) is 29.8 Å². The Hall–Kier alpha value is -1.37. The summed E-state index contributed by atoms with van der Waals surface area (Å²) >= 11 is 1.79. The minimum atomic E-state index is -4.36. The van der Waals surface area contributed by atoms with Gasteiger partial charge in [0.05, 0.1) is 5.56 Å². The molecule has 7 heteroatoms. The fourth-order valence-electron chi connectivity index (χ4n) is 1.57. The molecule has 0 saturated carbocycles. The molecule has 1 aromatic rings. The second-order valence-electron chi connectivity index (χ2n) is 4.19. The van der Waals surface area contributed by atoms with E-state index < -0.39 is 17.8 Å². The first kappa shape index (κ1) is 14.0. The molecule has 1 fully saturated rings. The Bertz CT molecular complexity index is 443. The summed E-state index contributed by atoms with van der Waals surface area (Å²) in [5.74, 6) is 1.12. The number of thioether (sulfide) groups is 1. The average molecular weight is 290 g/mol. The molecule has 1 aliphatic heterocycles. The number of hydrogen-bond acceptors (Lipinski definition) is 2. The lowest BCUT2D eigenvalue weighted by Gasteiger charge is -2.24. The first-order valence-corrected chi connectivity index (χ1v) is 6.84. The number of carbonyl (C=O) groups excluding carboxylic acids is 1. The van der Waals surface area contributed by atoms with Gasteiger partial charge in [-0.05, 0) is 36.4 Å². The molecule has 2 amide bonds. The number of nitrogens with one attached hydrogen (secondary N) is 2. The molecule has 0 spiro atoms. The number of hydrogen-bond donors (Lipinski definition) is 2. The molecular formula is C12H13F3N2OS. The van der Waals surface area contributed by atoms with Crippen molar-refractivity contribution < 1.29 is 18.0 Å². The van der Waals surface area contributed by atoms with Crippen LogP contribution in [0.25, 0.3) is 0 Å². The van der Waals surface area contributed by atoms with E-state index in [9.17, 15) is 18.0 Å². The number of urea groups is 1. The van der Waals surface area contributed by atoms with Gasteiger partial charge in [-0.1, -0.05) is 0 Å². The van der Waals surface area contributed by atoms with Crippen molar-refractivity contribution in [2.45, 2.75) is 17.8 Å². The van der Waals surface area contributed by atoms with Crippen LogP contribution in [0.5, 0.6) is 0 Å². The maximum atomic E-state index is 12.3. The third-order valence-corrected chi connectivity index (χ3v) is 4.10. The summed E-state index contributed by atoms with van der Waals surface area (Å²) in [4.78, 5) is 11.5. The molecule has 1 heterocycles. The number of halogens is 3. The predicted octanol–water partition coefficient (Wildman–Crippen LogP) is 3.33. The van der Waals surface area contributed by atoms with Crippen molar-refractivity contribution in [3.8, 4) is 0 Å². The standard InChI is InChI=1S/C12H13F3N2OS/c13-12(14,15)8-1-3-9(4-2-8)17-11(18)16-7-10-5-6-19-10/h1-4,10H,5-7H2,(H2,16,17,18). The summed E-state index contributed by atoms with van der Waals surface area (Å²) in [5.41, 5.74) is -0.393. The molecule has 0 bridgehead atoms. The van der Waals surface area contributed by atoms with Crippen LogP contribution >= 0.6 is 11.8 Å². The van der Waals surface area contributed by atoms with E-state index in [2.05, 4.69) is 10.6 Å². The Morgan fingerprint density at radius 2 is 1.95 bits per heavy atom. The molecule has 0 aliphatic carbocycles. The first-order chi connectivity index (χ1) is 8.95. The lowest BCUT2D eigenvalue weighted by molar-refractivity contribution is -0.137. The highest BCUT2D eigenvalue weighted by Gasteiger charge is 2.30. The zero-order valence-corrected chi connectivity index (χ0v) is 10.8. The zero-order chi connectivity index (χ0) is 13.9. The number of benzene rings is 1. The predicted molar refractivity (Wildman–Crippen MR) is 69.3 cm³/mol. The summed E-state index contributed by atoms with van der Waals surface area (Å²) < 4.78 is 37.0. The molecular weight excluding hydrogens is 277 g/mol. The summed E-state index contributed by atoms with van der Waals surface area (Å²) in [6.45, 7) is 0.580. The van der Waals surface area contributed by atoms with Gasteiger partial charge in [0, 0.05) is 17.5 Å². The largest absolute Gasteiger partial charge is 0.416 e. The molecule has 0 radical (unpaired) electrons. The molecule has 1 atom stereocenters. The van der Waals surface area contributed by atoms with Crippen LogP contribution in [0, 0.1) is 0 Å². The van der Waals surface area contributed by atoms with Gasteiger partial charge in [0.1, 0.15) is 0 Å². The van der Waals surface area contributed by atoms with Gasteiger partial charge in [-0.2, -0.15) is 24.9 Å². The normalized spacial score (nSPS) is 18.6. The monoisotopic (exact) mass is 290 g/mol. The van der Waals surface area contributed by atoms with E-state index in [1.54, 1.807) is 11.8 Å². The molecule has 1 unspecified atom stereocenters. The third-order valence-electron chi connectivity index (χ3n) is 2.75. The summed E-state index contributed by atoms with van der Waals surface area (Å²) in [6.07, 6.45) is -3.27. The molecule has 2 rings (SSSR count). The Labute approximate surface area is 112 Å². The van der Waals surface area contributed by atoms with Gasteiger partial charge in [0.15, 0.2) is 0 Å². The van der Waals surface area contributed by atoms with Gasteiger partial charge >= 0.3 is 12.2 Å². The maximum Gasteiger partial charge on any atom is 0.416 e. The van der Waals surface area contributed by atoms with Crippen molar-refractivity contribution in [2.75, 3.05) is 17.6 Å². The van der Waals surface area contributed by atoms with Gasteiger partial charge < -0.3 is 10.6 Å². The lowest BCUT2D eigenvalue weighted by atomic mass is 10.2. The van der Waals surface area contributed by atoms with Crippen LogP contribution in [0.2, 0.25) is 0 Å². The van der Waals surface area contributed by atoms with Gasteiger partial charge in [-0.15, -0.1) is 0 Å². The van der Waals surface area contributed by atoms with Crippen LogP contribution < -0.4 is 10.6 Å². The van der Waals surface area contributed by atoms with Crippen LogP contribution in [-0.2, 0) is 6.18 Å². The highest BCUT2D eigenvalue weighted by Crippen LogP contribution is 2.30. The minimum Gasteiger partial charge on any atom is -0.337 e. The van der Waals surface area contributed by atoms with Crippen molar-refractivity contribution in [1.82, 2.24) is 5.32 Å². The van der Waals surface area contributed by atoms with E-state index in [0.717, 1.165) is 24.3 Å². The number of amides is 2. The van der Waals surface area contributed by atoms with E-state index in [0.29, 0.717) is 17.5 Å². The minimum absolute atomic E-state index is 0.340. The number of alkyl halides is 3. The van der Waals surface area contributed by atoms with Crippen molar-refractivity contribution in [1.29, 1.82) is 0 Å². The van der Waals surface area contributed by atoms with Crippen LogP contribution in [0.4, 0.5) is 23.7 Å². The van der Waals surface area contributed by atoms with Gasteiger partial charge in [-0.25, -0.2) is 4.79 Å². The Kier molecular flexibility index (Phi) is 4.24. The third kappa shape index (κ3) is 4.05. The molecule has 19 heavy (non-hydrogen) atoms. The quantitative estimate of drug-likeness (QED) is 0.896. The number of anilines is 1. The van der Waals surface area contributed by atoms with E-state index >= 15 is 0 Å². The van der Waals surface area contributed by atoms with Crippen molar-refractivity contribution in [2.24, 2.45) is 0 Å². The Balaban J connectivity index is 1.83. The van der Waals surface area contributed by atoms with Crippen molar-refractivity contribution in [3.63, 3.8) is 0 Å². The fraction of sp³-hybridized carbons (Fsp3) is 0.417. The Morgan fingerprint density at radius 3 is 2.42 bits per heavy atom. The van der Waals surface area contributed by atoms with E-state index in [4.69, 9.17) is 0 Å². The second kappa shape index (κ2) is 5.73. The summed E-state index contributed by atoms with van der Waals surface area (Å²) in [7, 11) is 0. The van der Waals surface area contributed by atoms with Crippen LogP contribution in [0.15, 0.2) is 24.3 Å². The molecule has 1 aromatic carbocycles. The van der Waals surface area contributed by atoms with Gasteiger partial charge in [0.25, 0.3) is 0 Å². The van der Waals surface area contributed by atoms with E-state index in [1.165, 1.54) is 12.1 Å². The van der Waals surface area contributed by atoms with Gasteiger partial charge in [0.2, 0.25) is 0 Å². The molecule has 3 nitrogen and oxygen atoms in total. The zero-order valence-electron chi connectivity index (χ0n) is 9.96. The van der Waals surface area contributed by atoms with E-state index in [1.807, 2.05) is 0 Å². The fourth-order valence-corrected chi connectivity index (χ4v) is 2.34. The van der Waals surface area contributed by atoms with Gasteiger partial charge in [-0.3, -0.25) is 0 Å². The molecule has 1 aliphatic rings. The molecule has 2 N–H and O–H groups in total. The highest BCUT2D eigenvalue weighted by atomic mass is 32.2. The smallest absolute Gasteiger partial charge is 0.337 e. The molecule has 0 aromatic heterocycles. The SMILES string of the molecule is O=C(NCC1CCS1)Nc1ccc(C(F)(F)F)cc1. The maximum absolute atomic E-state index is 12.3. The first-order valence-electron chi connectivity index (χ1n) is 5.79. The number of carbonyl (C=O) groups is 1. The van der Waals surface area contributed by atoms with Crippen molar-refractivity contribution >= 4 is 23.5 Å². The topological polar surface area (TPSA) is 41.1 Å². The molecule has 104 valence electrons. The summed E-state index contributed by atoms with van der Waals surface area (Å²) in [6, 6.07) is 3.96. The number of rotatable bonds is 3. The second-order valence-corrected chi connectivity index (χ2v) is 5.60. The van der Waals surface area contributed by atoms with E-state index in [-0.39, 0.29) is 0 Å². The molecule has 1 saturated heterocycles. The average Bonchev–Trinajstić information content (AvgIpc) is 2.26. The van der Waals surface area contributed by atoms with Crippen LogP contribution in [0.1, 0.15) is 12.0 Å². The van der Waals surface area contributed by atoms with Crippen LogP contribution in [-0.4, -0.2) is 23.6 Å². The highest BCUT2D eigenvalue weighted by molar-refractivity contribution is 8.01.